The van der Waals surface area contributed by atoms with Gasteiger partial charge in [-0.05, 0) is 31.0 Å². The molecule has 4 heteroatoms. The summed E-state index contributed by atoms with van der Waals surface area (Å²) in [6.07, 6.45) is 0.351. The molecule has 0 saturated heterocycles. The summed E-state index contributed by atoms with van der Waals surface area (Å²) in [4.78, 5) is 0.526. The Hall–Kier alpha value is -1.58. The number of benzene rings is 2. The summed E-state index contributed by atoms with van der Waals surface area (Å²) in [5.74, 6) is 0. The van der Waals surface area contributed by atoms with Crippen LogP contribution in [-0.2, 0) is 9.84 Å². The van der Waals surface area contributed by atoms with Gasteiger partial charge in [-0.1, -0.05) is 66.6 Å². The monoisotopic (exact) mass is 320 g/mol. The van der Waals surface area contributed by atoms with Crippen LogP contribution in [0.3, 0.4) is 0 Å². The molecule has 0 atom stereocenters. The topological polar surface area (TPSA) is 34.1 Å². The first-order valence-electron chi connectivity index (χ1n) is 6.72. The second-order valence-corrected chi connectivity index (χ2v) is 7.12. The van der Waals surface area contributed by atoms with Gasteiger partial charge in [0.2, 0.25) is 9.84 Å². The lowest BCUT2D eigenvalue weighted by atomic mass is 10.2. The van der Waals surface area contributed by atoms with Crippen LogP contribution in [0.25, 0.3) is 5.03 Å². The third-order valence-corrected chi connectivity index (χ3v) is 5.84. The van der Waals surface area contributed by atoms with Gasteiger partial charge < -0.3 is 0 Å². The van der Waals surface area contributed by atoms with E-state index < -0.39 is 9.84 Å². The van der Waals surface area contributed by atoms with Crippen LogP contribution in [0.1, 0.15) is 24.5 Å². The van der Waals surface area contributed by atoms with Gasteiger partial charge in [-0.2, -0.15) is 0 Å². The van der Waals surface area contributed by atoms with Gasteiger partial charge in [-0.15, -0.1) is 0 Å². The number of allylic oxidation sites excluding steroid dienone is 1. The second-order valence-electron chi connectivity index (χ2n) is 4.77. The lowest BCUT2D eigenvalue weighted by molar-refractivity contribution is 0.601. The standard InChI is InChI=1S/C17H17ClO2S/c1-3-16(17(18)14-7-5-4-6-8-14)21(19,20)15-11-9-13(2)10-12-15/h4-12H,3H2,1-2H3/b17-16+. The number of aryl methyl sites for hydroxylation is 1. The van der Waals surface area contributed by atoms with E-state index in [1.807, 2.05) is 37.3 Å². The largest absolute Gasteiger partial charge is 0.219 e. The molecule has 0 unspecified atom stereocenters. The van der Waals surface area contributed by atoms with Gasteiger partial charge in [0.15, 0.2) is 0 Å². The lowest BCUT2D eigenvalue weighted by Gasteiger charge is -2.11. The van der Waals surface area contributed by atoms with Crippen LogP contribution in [0.2, 0.25) is 0 Å². The van der Waals surface area contributed by atoms with E-state index in [1.54, 1.807) is 31.2 Å². The number of sulfone groups is 1. The Kier molecular flexibility index (Phi) is 4.86. The fraction of sp³-hybridized carbons (Fsp3) is 0.176. The van der Waals surface area contributed by atoms with E-state index in [0.29, 0.717) is 17.0 Å². The summed E-state index contributed by atoms with van der Waals surface area (Å²) in [5.41, 5.74) is 1.73. The Bertz CT molecular complexity index is 745. The molecule has 2 aromatic rings. The molecular weight excluding hydrogens is 304 g/mol. The van der Waals surface area contributed by atoms with Crippen molar-refractivity contribution in [1.82, 2.24) is 0 Å². The third-order valence-electron chi connectivity index (χ3n) is 3.25. The van der Waals surface area contributed by atoms with Crippen molar-refractivity contribution in [3.8, 4) is 0 Å². The van der Waals surface area contributed by atoms with E-state index in [-0.39, 0.29) is 9.80 Å². The first-order valence-corrected chi connectivity index (χ1v) is 8.58. The molecule has 0 spiro atoms. The first kappa shape index (κ1) is 15.8. The number of halogens is 1. The predicted molar refractivity (Wildman–Crippen MR) is 87.9 cm³/mol. The molecular formula is C17H17ClO2S. The molecule has 0 radical (unpaired) electrons. The summed E-state index contributed by atoms with van der Waals surface area (Å²) < 4.78 is 25.5. The number of hydrogen-bond acceptors (Lipinski definition) is 2. The molecule has 2 rings (SSSR count). The van der Waals surface area contributed by atoms with Gasteiger partial charge in [-0.25, -0.2) is 8.42 Å². The zero-order valence-electron chi connectivity index (χ0n) is 12.0. The summed E-state index contributed by atoms with van der Waals surface area (Å²) in [6, 6.07) is 16.0. The van der Waals surface area contributed by atoms with E-state index >= 15 is 0 Å². The quantitative estimate of drug-likeness (QED) is 0.812. The fourth-order valence-electron chi connectivity index (χ4n) is 2.07. The maximum atomic E-state index is 12.7. The average molecular weight is 321 g/mol. The Balaban J connectivity index is 2.57. The van der Waals surface area contributed by atoms with Crippen molar-refractivity contribution in [3.63, 3.8) is 0 Å². The molecule has 0 aliphatic carbocycles. The Morgan fingerprint density at radius 2 is 1.57 bits per heavy atom. The van der Waals surface area contributed by atoms with Gasteiger partial charge in [0.1, 0.15) is 0 Å². The van der Waals surface area contributed by atoms with E-state index in [4.69, 9.17) is 11.6 Å². The van der Waals surface area contributed by atoms with Crippen LogP contribution in [0.5, 0.6) is 0 Å². The minimum Gasteiger partial charge on any atom is -0.219 e. The third kappa shape index (κ3) is 3.36. The molecule has 2 aromatic carbocycles. The molecule has 0 amide bonds. The van der Waals surface area contributed by atoms with Crippen LogP contribution in [0.15, 0.2) is 64.4 Å². The summed E-state index contributed by atoms with van der Waals surface area (Å²) in [7, 11) is -3.57. The zero-order chi connectivity index (χ0) is 15.5. The van der Waals surface area contributed by atoms with Gasteiger partial charge in [0, 0.05) is 0 Å². The van der Waals surface area contributed by atoms with Crippen LogP contribution in [0.4, 0.5) is 0 Å². The molecule has 0 aliphatic heterocycles. The summed E-state index contributed by atoms with van der Waals surface area (Å²) in [6.45, 7) is 3.72. The van der Waals surface area contributed by atoms with E-state index in [2.05, 4.69) is 0 Å². The highest BCUT2D eigenvalue weighted by Gasteiger charge is 2.23. The van der Waals surface area contributed by atoms with Crippen LogP contribution < -0.4 is 0 Å². The van der Waals surface area contributed by atoms with Gasteiger partial charge in [-0.3, -0.25) is 0 Å². The Morgan fingerprint density at radius 1 is 1.00 bits per heavy atom. The van der Waals surface area contributed by atoms with Crippen molar-refractivity contribution >= 4 is 26.5 Å². The zero-order valence-corrected chi connectivity index (χ0v) is 13.6. The number of rotatable bonds is 4. The SMILES string of the molecule is CC/C(=C(\Cl)c1ccccc1)S(=O)(=O)c1ccc(C)cc1. The normalized spacial score (nSPS) is 12.9. The molecule has 0 fully saturated rings. The fourth-order valence-corrected chi connectivity index (χ4v) is 4.15. The maximum Gasteiger partial charge on any atom is 0.204 e. The van der Waals surface area contributed by atoms with Crippen molar-refractivity contribution in [3.05, 3.63) is 70.6 Å². The van der Waals surface area contributed by atoms with Gasteiger partial charge >= 0.3 is 0 Å². The molecule has 0 saturated carbocycles. The molecule has 0 bridgehead atoms. The maximum absolute atomic E-state index is 12.7. The summed E-state index contributed by atoms with van der Waals surface area (Å²) >= 11 is 6.34. The molecule has 0 N–H and O–H groups in total. The molecule has 0 aliphatic rings. The highest BCUT2D eigenvalue weighted by molar-refractivity contribution is 7.95. The highest BCUT2D eigenvalue weighted by Crippen LogP contribution is 2.32. The molecule has 0 aromatic heterocycles. The highest BCUT2D eigenvalue weighted by atomic mass is 35.5. The smallest absolute Gasteiger partial charge is 0.204 e. The van der Waals surface area contributed by atoms with Crippen LogP contribution >= 0.6 is 11.6 Å². The van der Waals surface area contributed by atoms with Gasteiger partial charge in [0.25, 0.3) is 0 Å². The van der Waals surface area contributed by atoms with Crippen molar-refractivity contribution in [2.45, 2.75) is 25.2 Å². The average Bonchev–Trinajstić information content (AvgIpc) is 2.49. The van der Waals surface area contributed by atoms with Crippen molar-refractivity contribution in [1.29, 1.82) is 0 Å². The van der Waals surface area contributed by atoms with Gasteiger partial charge in [0.05, 0.1) is 14.8 Å². The van der Waals surface area contributed by atoms with Crippen molar-refractivity contribution < 1.29 is 8.42 Å². The van der Waals surface area contributed by atoms with E-state index in [9.17, 15) is 8.42 Å². The van der Waals surface area contributed by atoms with E-state index in [1.165, 1.54) is 0 Å². The van der Waals surface area contributed by atoms with Crippen molar-refractivity contribution in [2.75, 3.05) is 0 Å². The Morgan fingerprint density at radius 3 is 2.10 bits per heavy atom. The molecule has 2 nitrogen and oxygen atoms in total. The molecule has 21 heavy (non-hydrogen) atoms. The summed E-state index contributed by atoms with van der Waals surface area (Å²) in [5, 5.41) is 0.290. The minimum absolute atomic E-state index is 0.249. The van der Waals surface area contributed by atoms with Crippen molar-refractivity contribution in [2.24, 2.45) is 0 Å². The molecule has 0 heterocycles. The molecule has 110 valence electrons. The predicted octanol–water partition coefficient (Wildman–Crippen LogP) is 4.79. The Labute approximate surface area is 131 Å². The first-order chi connectivity index (χ1) is 9.96. The van der Waals surface area contributed by atoms with E-state index in [0.717, 1.165) is 5.56 Å². The second kappa shape index (κ2) is 6.46. The van der Waals surface area contributed by atoms with Crippen LogP contribution in [0, 0.1) is 6.92 Å². The van der Waals surface area contributed by atoms with Crippen LogP contribution in [-0.4, -0.2) is 8.42 Å². The number of hydrogen-bond donors (Lipinski definition) is 0. The lowest BCUT2D eigenvalue weighted by Crippen LogP contribution is -2.06. The minimum atomic E-state index is -3.57.